The van der Waals surface area contributed by atoms with E-state index in [1.54, 1.807) is 0 Å². The lowest BCUT2D eigenvalue weighted by molar-refractivity contribution is -0.120. The molecule has 1 amide bonds. The van der Waals surface area contributed by atoms with Crippen molar-refractivity contribution in [2.75, 3.05) is 6.54 Å². The topological polar surface area (TPSA) is 42.0 Å². The molecule has 3 heteroatoms. The number of hydrogen-bond acceptors (Lipinski definition) is 2. The first-order valence-electron chi connectivity index (χ1n) is 5.02. The second-order valence-electron chi connectivity index (χ2n) is 3.32. The zero-order chi connectivity index (χ0) is 11.1. The molecule has 0 atom stereocenters. The third-order valence-corrected chi connectivity index (χ3v) is 1.94. The Balaban J connectivity index is 2.44. The molecule has 1 heterocycles. The summed E-state index contributed by atoms with van der Waals surface area (Å²) < 4.78 is 0. The summed E-state index contributed by atoms with van der Waals surface area (Å²) in [7, 11) is 0. The van der Waals surface area contributed by atoms with Gasteiger partial charge in [-0.3, -0.25) is 9.78 Å². The van der Waals surface area contributed by atoms with Gasteiger partial charge in [0.25, 0.3) is 0 Å². The number of nitrogens with zero attached hydrogens (tertiary/aromatic N) is 1. The van der Waals surface area contributed by atoms with Gasteiger partial charge in [-0.15, -0.1) is 0 Å². The number of aryl methyl sites for hydroxylation is 1. The van der Waals surface area contributed by atoms with E-state index >= 15 is 0 Å². The molecule has 1 aromatic rings. The number of pyridine rings is 1. The molecule has 0 aliphatic heterocycles. The minimum Gasteiger partial charge on any atom is -0.352 e. The molecule has 0 aliphatic rings. The van der Waals surface area contributed by atoms with Crippen molar-refractivity contribution in [2.45, 2.75) is 20.3 Å². The Bertz CT molecular complexity index is 358. The average Bonchev–Trinajstić information content (AvgIpc) is 2.18. The Morgan fingerprint density at radius 1 is 1.53 bits per heavy atom. The van der Waals surface area contributed by atoms with Gasteiger partial charge in [0.05, 0.1) is 6.42 Å². The maximum atomic E-state index is 11.4. The highest BCUT2D eigenvalue weighted by Crippen LogP contribution is 1.98. The lowest BCUT2D eigenvalue weighted by Gasteiger charge is -2.02. The largest absolute Gasteiger partial charge is 0.352 e. The number of aromatic nitrogens is 1. The monoisotopic (exact) mass is 204 g/mol. The van der Waals surface area contributed by atoms with E-state index in [-0.39, 0.29) is 5.91 Å². The lowest BCUT2D eigenvalue weighted by Crippen LogP contribution is -2.25. The summed E-state index contributed by atoms with van der Waals surface area (Å²) in [6, 6.07) is 5.69. The molecule has 0 radical (unpaired) electrons. The quantitative estimate of drug-likeness (QED) is 0.757. The van der Waals surface area contributed by atoms with Crippen molar-refractivity contribution in [1.82, 2.24) is 10.3 Å². The fourth-order valence-corrected chi connectivity index (χ4v) is 1.22. The Morgan fingerprint density at radius 2 is 2.33 bits per heavy atom. The molecule has 0 bridgehead atoms. The number of hydrogen-bond donors (Lipinski definition) is 1. The highest BCUT2D eigenvalue weighted by Gasteiger charge is 2.02. The summed E-state index contributed by atoms with van der Waals surface area (Å²) in [5.74, 6) is 0.00574. The number of nitrogens with one attached hydrogen (secondary N) is 1. The Morgan fingerprint density at radius 3 is 3.00 bits per heavy atom. The number of carbonyl (C=O) groups is 1. The summed E-state index contributed by atoms with van der Waals surface area (Å²) in [4.78, 5) is 15.7. The molecular weight excluding hydrogens is 188 g/mol. The fourth-order valence-electron chi connectivity index (χ4n) is 1.22. The fraction of sp³-hybridized carbons (Fsp3) is 0.333. The van der Waals surface area contributed by atoms with Crippen molar-refractivity contribution in [3.8, 4) is 0 Å². The van der Waals surface area contributed by atoms with Gasteiger partial charge in [0, 0.05) is 17.9 Å². The van der Waals surface area contributed by atoms with Crippen LogP contribution in [0.25, 0.3) is 0 Å². The van der Waals surface area contributed by atoms with Gasteiger partial charge in [-0.05, 0) is 26.0 Å². The van der Waals surface area contributed by atoms with E-state index in [0.29, 0.717) is 13.0 Å². The maximum Gasteiger partial charge on any atom is 0.226 e. The molecule has 1 aromatic heterocycles. The number of rotatable bonds is 4. The van der Waals surface area contributed by atoms with Gasteiger partial charge in [-0.1, -0.05) is 18.2 Å². The van der Waals surface area contributed by atoms with Crippen LogP contribution in [0.5, 0.6) is 0 Å². The molecule has 1 rings (SSSR count). The van der Waals surface area contributed by atoms with Crippen molar-refractivity contribution in [2.24, 2.45) is 0 Å². The average molecular weight is 204 g/mol. The van der Waals surface area contributed by atoms with Crippen LogP contribution >= 0.6 is 0 Å². The van der Waals surface area contributed by atoms with Gasteiger partial charge in [0.1, 0.15) is 0 Å². The Kier molecular flexibility index (Phi) is 4.54. The molecule has 0 aliphatic carbocycles. The second kappa shape index (κ2) is 5.96. The van der Waals surface area contributed by atoms with Crippen molar-refractivity contribution in [3.63, 3.8) is 0 Å². The van der Waals surface area contributed by atoms with Crippen LogP contribution in [-0.4, -0.2) is 17.4 Å². The van der Waals surface area contributed by atoms with Gasteiger partial charge in [-0.25, -0.2) is 0 Å². The predicted octanol–water partition coefficient (Wildman–Crippen LogP) is 1.62. The molecule has 0 spiro atoms. The van der Waals surface area contributed by atoms with Crippen molar-refractivity contribution in [1.29, 1.82) is 0 Å². The summed E-state index contributed by atoms with van der Waals surface area (Å²) in [6.45, 7) is 4.43. The first-order valence-corrected chi connectivity index (χ1v) is 5.02. The van der Waals surface area contributed by atoms with Crippen molar-refractivity contribution >= 4 is 5.91 Å². The number of allylic oxidation sites excluding steroid dienone is 1. The van der Waals surface area contributed by atoms with E-state index in [1.165, 1.54) is 0 Å². The van der Waals surface area contributed by atoms with Gasteiger partial charge in [0.2, 0.25) is 5.91 Å². The van der Waals surface area contributed by atoms with Crippen LogP contribution in [0, 0.1) is 6.92 Å². The van der Waals surface area contributed by atoms with Gasteiger partial charge in [-0.2, -0.15) is 0 Å². The van der Waals surface area contributed by atoms with Crippen LogP contribution in [-0.2, 0) is 11.2 Å². The van der Waals surface area contributed by atoms with Crippen LogP contribution in [0.3, 0.4) is 0 Å². The molecule has 0 saturated heterocycles. The molecule has 0 fully saturated rings. The highest BCUT2D eigenvalue weighted by molar-refractivity contribution is 5.78. The molecule has 0 aromatic carbocycles. The molecule has 15 heavy (non-hydrogen) atoms. The second-order valence-corrected chi connectivity index (χ2v) is 3.32. The van der Waals surface area contributed by atoms with Crippen LogP contribution < -0.4 is 5.32 Å². The summed E-state index contributed by atoms with van der Waals surface area (Å²) in [6.07, 6.45) is 4.16. The van der Waals surface area contributed by atoms with E-state index in [2.05, 4.69) is 10.3 Å². The molecule has 0 unspecified atom stereocenters. The van der Waals surface area contributed by atoms with Crippen molar-refractivity contribution < 1.29 is 4.79 Å². The van der Waals surface area contributed by atoms with E-state index in [0.717, 1.165) is 11.4 Å². The Hall–Kier alpha value is -1.64. The van der Waals surface area contributed by atoms with Gasteiger partial charge < -0.3 is 5.32 Å². The summed E-state index contributed by atoms with van der Waals surface area (Å²) >= 11 is 0. The molecule has 0 saturated carbocycles. The smallest absolute Gasteiger partial charge is 0.226 e. The predicted molar refractivity (Wildman–Crippen MR) is 60.5 cm³/mol. The first kappa shape index (κ1) is 11.4. The maximum absolute atomic E-state index is 11.4. The van der Waals surface area contributed by atoms with E-state index in [9.17, 15) is 4.79 Å². The third-order valence-electron chi connectivity index (χ3n) is 1.94. The van der Waals surface area contributed by atoms with Gasteiger partial charge >= 0.3 is 0 Å². The Labute approximate surface area is 90.2 Å². The minimum atomic E-state index is 0.00574. The van der Waals surface area contributed by atoms with E-state index in [1.807, 2.05) is 44.2 Å². The van der Waals surface area contributed by atoms with E-state index < -0.39 is 0 Å². The SMILES string of the molecule is C/C=C/CNC(=O)Cc1cccc(C)n1. The molecule has 1 N–H and O–H groups in total. The highest BCUT2D eigenvalue weighted by atomic mass is 16.1. The molecular formula is C12H16N2O. The summed E-state index contributed by atoms with van der Waals surface area (Å²) in [5, 5.41) is 2.79. The van der Waals surface area contributed by atoms with Crippen LogP contribution in [0.15, 0.2) is 30.4 Å². The minimum absolute atomic E-state index is 0.00574. The lowest BCUT2D eigenvalue weighted by atomic mass is 10.2. The van der Waals surface area contributed by atoms with Gasteiger partial charge in [0.15, 0.2) is 0 Å². The van der Waals surface area contributed by atoms with Crippen LogP contribution in [0.1, 0.15) is 18.3 Å². The molecule has 3 nitrogen and oxygen atoms in total. The zero-order valence-corrected chi connectivity index (χ0v) is 9.16. The van der Waals surface area contributed by atoms with E-state index in [4.69, 9.17) is 0 Å². The third kappa shape index (κ3) is 4.40. The van der Waals surface area contributed by atoms with Crippen LogP contribution in [0.4, 0.5) is 0 Å². The number of amides is 1. The van der Waals surface area contributed by atoms with Crippen LogP contribution in [0.2, 0.25) is 0 Å². The summed E-state index contributed by atoms with van der Waals surface area (Å²) in [5.41, 5.74) is 1.75. The molecule has 80 valence electrons. The first-order chi connectivity index (χ1) is 7.22. The normalized spacial score (nSPS) is 10.5. The number of carbonyl (C=O) groups excluding carboxylic acids is 1. The zero-order valence-electron chi connectivity index (χ0n) is 9.16. The van der Waals surface area contributed by atoms with Crippen molar-refractivity contribution in [3.05, 3.63) is 41.7 Å². The standard InChI is InChI=1S/C12H16N2O/c1-3-4-8-13-12(15)9-11-7-5-6-10(2)14-11/h3-7H,8-9H2,1-2H3,(H,13,15)/b4-3+.